The van der Waals surface area contributed by atoms with E-state index in [1.807, 2.05) is 86.8 Å². The number of aromatic nitrogens is 10. The SMILES string of the molecule is CO[C@H]1C[C@@H]2CC[C@@H](C)[C@@](O)(O2)C(=O)C(=O)N2CCCC[C@H]2C(=O)O[C@H]([C@H](N)C[C@@H]2CC[C@@H](OCc3cccc(-c4cnc(N5CCN(Cc6cn(CCOCCOCCOCCC(=O)NCCCCn7nc(-c8ccc9oc(N)nc9c8)c8c(N)ncnc87)nn6)C(CO)C5)nc4)c3)[C@H](OC)C2)CC(=O)[C@H](C)/C=C(\C)[C@@H](O)[C@@H](O)C(=O)[C@H](C)C[C@H](C)/C=C/C=CC=C1C. The number of nitrogen functional groups attached to an aromatic ring is 2. The third kappa shape index (κ3) is 26.2. The first-order valence-corrected chi connectivity index (χ1v) is 45.2. The van der Waals surface area contributed by atoms with Crippen molar-refractivity contribution in [2.24, 2.45) is 35.3 Å². The molecule has 36 heteroatoms. The number of unbranched alkanes of at least 4 members (excludes halogenated alkanes) is 1. The van der Waals surface area contributed by atoms with E-state index in [-0.39, 0.29) is 99.6 Å². The Hall–Kier alpha value is -10.1. The molecule has 1 aliphatic carbocycles. The Labute approximate surface area is 752 Å². The minimum Gasteiger partial charge on any atom is -0.459 e. The summed E-state index contributed by atoms with van der Waals surface area (Å²) in [5.41, 5.74) is 26.8. The Morgan fingerprint density at radius 3 is 2.34 bits per heavy atom. The zero-order valence-corrected chi connectivity index (χ0v) is 75.4. The van der Waals surface area contributed by atoms with Crippen molar-refractivity contribution < 1.29 is 91.5 Å². The molecule has 2 bridgehead atoms. The van der Waals surface area contributed by atoms with Crippen LogP contribution in [-0.4, -0.2) is 275 Å². The van der Waals surface area contributed by atoms with Crippen LogP contribution in [0.4, 0.5) is 17.8 Å². The van der Waals surface area contributed by atoms with Crippen molar-refractivity contribution in [3.8, 4) is 22.4 Å². The van der Waals surface area contributed by atoms with E-state index in [1.165, 1.54) is 19.3 Å². The van der Waals surface area contributed by atoms with Gasteiger partial charge >= 0.3 is 5.97 Å². The van der Waals surface area contributed by atoms with Crippen LogP contribution >= 0.6 is 0 Å². The first-order valence-electron chi connectivity index (χ1n) is 45.2. The summed E-state index contributed by atoms with van der Waals surface area (Å²) >= 11 is 0. The summed E-state index contributed by atoms with van der Waals surface area (Å²) in [6, 6.07) is 11.1. The maximum absolute atomic E-state index is 14.8. The lowest BCUT2D eigenvalue weighted by Crippen LogP contribution is -2.61. The number of aliphatic hydroxyl groups excluding tert-OH is 3. The van der Waals surface area contributed by atoms with Crippen LogP contribution in [0.1, 0.15) is 149 Å². The molecule has 11 N–H and O–H groups in total. The van der Waals surface area contributed by atoms with Gasteiger partial charge < -0.3 is 95.1 Å². The lowest BCUT2D eigenvalue weighted by molar-refractivity contribution is -0.265. The number of carbonyl (C=O) groups excluding carboxylic acids is 6. The fourth-order valence-electron chi connectivity index (χ4n) is 17.8. The summed E-state index contributed by atoms with van der Waals surface area (Å²) < 4.78 is 57.3. The van der Waals surface area contributed by atoms with Gasteiger partial charge in [-0.1, -0.05) is 87.6 Å². The number of ether oxygens (including phenoxy) is 8. The molecule has 1 saturated carbocycles. The second-order valence-electron chi connectivity index (χ2n) is 35.0. The summed E-state index contributed by atoms with van der Waals surface area (Å²) in [7, 11) is 3.19. The largest absolute Gasteiger partial charge is 0.459 e. The normalized spacial score (nSPS) is 27.1. The van der Waals surface area contributed by atoms with Crippen molar-refractivity contribution in [1.82, 2.24) is 64.8 Å². The van der Waals surface area contributed by atoms with Gasteiger partial charge in [-0.05, 0) is 149 Å². The summed E-state index contributed by atoms with van der Waals surface area (Å²) in [6.07, 6.45) is 17.3. The number of hydrogen-bond acceptors (Lipinski definition) is 32. The van der Waals surface area contributed by atoms with Crippen molar-refractivity contribution in [2.75, 3.05) is 110 Å². The first kappa shape index (κ1) is 98.0. The van der Waals surface area contributed by atoms with Gasteiger partial charge in [0.2, 0.25) is 17.6 Å². The Kier molecular flexibility index (Phi) is 35.8. The number of anilines is 3. The number of nitrogens with zero attached hydrogens (tertiary/aromatic N) is 13. The summed E-state index contributed by atoms with van der Waals surface area (Å²) in [5, 5.41) is 62.6. The van der Waals surface area contributed by atoms with Crippen molar-refractivity contribution in [2.45, 2.75) is 231 Å². The minimum atomic E-state index is -2.50. The number of aliphatic hydroxyl groups is 4. The predicted octanol–water partition coefficient (Wildman–Crippen LogP) is 7.32. The molecule has 3 saturated heterocycles. The second kappa shape index (κ2) is 47.2. The number of carbonyl (C=O) groups is 6. The molecule has 9 heterocycles. The third-order valence-corrected chi connectivity index (χ3v) is 25.4. The van der Waals surface area contributed by atoms with Crippen molar-refractivity contribution in [3.05, 3.63) is 126 Å². The van der Waals surface area contributed by atoms with Crippen LogP contribution in [0.3, 0.4) is 0 Å². The summed E-state index contributed by atoms with van der Waals surface area (Å²) in [6.45, 7) is 16.4. The zero-order chi connectivity index (χ0) is 91.8. The molecule has 5 aliphatic rings. The van der Waals surface area contributed by atoms with Crippen LogP contribution in [0.25, 0.3) is 44.5 Å². The van der Waals surface area contributed by atoms with Crippen LogP contribution in [0.2, 0.25) is 0 Å². The number of benzene rings is 2. The van der Waals surface area contributed by atoms with E-state index >= 15 is 0 Å². The average Bonchev–Trinajstić information content (AvgIpc) is 0.931. The number of piperidine rings is 1. The number of rotatable bonds is 31. The molecule has 4 fully saturated rings. The Morgan fingerprint density at radius 2 is 1.57 bits per heavy atom. The third-order valence-electron chi connectivity index (χ3n) is 25.4. The smallest absolute Gasteiger partial charge is 0.329 e. The maximum Gasteiger partial charge on any atom is 0.329 e. The number of Topliss-reactive ketones (excluding diaryl/α,β-unsaturated/α-hetero) is 3. The highest BCUT2D eigenvalue weighted by Gasteiger charge is 2.53. The van der Waals surface area contributed by atoms with Gasteiger partial charge in [0.25, 0.3) is 17.7 Å². The van der Waals surface area contributed by atoms with Gasteiger partial charge in [0.05, 0.1) is 101 Å². The van der Waals surface area contributed by atoms with E-state index < -0.39 is 95.4 Å². The highest BCUT2D eigenvalue weighted by atomic mass is 16.6. The molecule has 2 amide bonds. The van der Waals surface area contributed by atoms with Crippen LogP contribution in [0.15, 0.2) is 119 Å². The number of nitrogens with two attached hydrogens (primary N) is 3. The fraction of sp³-hybridized carbons (Fsp3) is 0.591. The number of piperazine rings is 1. The monoisotopic (exact) mass is 1790 g/mol. The number of ketones is 3. The summed E-state index contributed by atoms with van der Waals surface area (Å²) in [4.78, 5) is 112. The standard InChI is InChI=1S/C93H129N17O19/c1-57-17-10-9-11-18-58(2)77(121-7)47-70-25-22-62(6)93(120,129-70)86(117)89(118)109-30-14-12-21-73(109)90(119)127-78(48-74(112)59(3)42-61(5)84(115)85(116)83(114)60(4)41-57)71(94)44-63-23-26-76(79(45-63)122-8)126-55-64-19-16-20-65(43-64)67-49-98-92(99-50-67)107-33-32-106(69(53-107)54-111)51-68-52-108(105-103-68)34-36-124-38-40-125-39-37-123-35-28-80(113)97-29-13-15-31-110-88-81(87(95)100-56-101-88)82(104-110)66-24-27-75-72(46-66)102-91(96)128-75/h9-11,16-20,24,27,42-43,46,49-50,52,56-57,59-60,62-63,69-71,73,76-79,84-85,111,115-116,120H,12-15,21-23,25-26,28-41,44-45,47-48,51,53-55,94H2,1-8H3,(H2,96,102)(H,97,113)(H2,95,100,101)/b11-9?,17-10+,58-18?,61-42+/t57-,59-,60-,62-,63+,69?,70+,71-,73+,76-,77+,78+,79-,84-,85+,93-/m1/s1. The quantitative estimate of drug-likeness (QED) is 0.00912. The van der Waals surface area contributed by atoms with Gasteiger partial charge in [-0.15, -0.1) is 5.10 Å². The van der Waals surface area contributed by atoms with Crippen molar-refractivity contribution in [1.29, 1.82) is 0 Å². The zero-order valence-electron chi connectivity index (χ0n) is 75.4. The Balaban J connectivity index is 0.563. The molecular formula is C93H129N17O19. The molecule has 2 aromatic carbocycles. The van der Waals surface area contributed by atoms with Crippen molar-refractivity contribution >= 4 is 75.0 Å². The van der Waals surface area contributed by atoms with Gasteiger partial charge in [0.1, 0.15) is 53.5 Å². The average molecular weight is 1790 g/mol. The molecular weight excluding hydrogens is 1660 g/mol. The molecule has 5 aromatic heterocycles. The van der Waals surface area contributed by atoms with Gasteiger partial charge in [-0.2, -0.15) is 10.1 Å². The first-order chi connectivity index (χ1) is 62.2. The van der Waals surface area contributed by atoms with Crippen molar-refractivity contribution in [3.63, 3.8) is 0 Å². The summed E-state index contributed by atoms with van der Waals surface area (Å²) in [5.74, 6) is -8.31. The number of cyclic esters (lactones) is 1. The van der Waals surface area contributed by atoms with Crippen LogP contribution < -0.4 is 27.4 Å². The predicted molar refractivity (Wildman–Crippen MR) is 479 cm³/mol. The number of fused-ring (bicyclic) bond motifs is 5. The molecule has 7 aromatic rings. The van der Waals surface area contributed by atoms with Gasteiger partial charge in [-0.25, -0.2) is 34.1 Å². The molecule has 36 nitrogen and oxygen atoms in total. The Morgan fingerprint density at radius 1 is 0.783 bits per heavy atom. The second-order valence-corrected chi connectivity index (χ2v) is 35.0. The molecule has 1 unspecified atom stereocenters. The fourth-order valence-corrected chi connectivity index (χ4v) is 17.8. The van der Waals surface area contributed by atoms with Crippen LogP contribution in [-0.2, 0) is 92.9 Å². The van der Waals surface area contributed by atoms with Crippen LogP contribution in [0.5, 0.6) is 0 Å². The number of methoxy groups -OCH3 is 2. The van der Waals surface area contributed by atoms with E-state index in [0.717, 1.165) is 51.3 Å². The van der Waals surface area contributed by atoms with Gasteiger partial charge in [-0.3, -0.25) is 28.9 Å². The topological polar surface area (TPSA) is 483 Å². The van der Waals surface area contributed by atoms with Gasteiger partial charge in [0, 0.05) is 133 Å². The molecule has 0 radical (unpaired) electrons. The number of allylic oxidation sites excluding steroid dienone is 6. The van der Waals surface area contributed by atoms with E-state index in [0.29, 0.717) is 176 Å². The molecule has 16 atom stereocenters. The van der Waals surface area contributed by atoms with E-state index in [2.05, 4.69) is 40.4 Å². The van der Waals surface area contributed by atoms with Crippen LogP contribution in [0, 0.1) is 29.6 Å². The number of nitrogens with one attached hydrogen (secondary N) is 1. The number of esters is 1. The van der Waals surface area contributed by atoms with E-state index in [9.17, 15) is 49.2 Å². The van der Waals surface area contributed by atoms with E-state index in [4.69, 9.17) is 74.6 Å². The number of oxazole rings is 1. The molecule has 129 heavy (non-hydrogen) atoms. The maximum atomic E-state index is 14.8. The highest BCUT2D eigenvalue weighted by molar-refractivity contribution is 6.39. The number of amides is 2. The molecule has 4 aliphatic heterocycles. The highest BCUT2D eigenvalue weighted by Crippen LogP contribution is 2.39. The molecule has 0 spiro atoms. The minimum absolute atomic E-state index is 0.0129. The van der Waals surface area contributed by atoms with E-state index in [1.54, 1.807) is 62.8 Å². The molecule has 12 rings (SSSR count). The molecule has 700 valence electrons. The van der Waals surface area contributed by atoms with Gasteiger partial charge in [0.15, 0.2) is 17.0 Å². The lowest BCUT2D eigenvalue weighted by Gasteiger charge is -2.42. The lowest BCUT2D eigenvalue weighted by atomic mass is 9.80. The Bertz CT molecular complexity index is 5020. The number of aryl methyl sites for hydroxylation is 1. The number of hydrogen-bond donors (Lipinski definition) is 8.